The van der Waals surface area contributed by atoms with Crippen LogP contribution < -0.4 is 0 Å². The van der Waals surface area contributed by atoms with Crippen molar-refractivity contribution in [3.05, 3.63) is 30.0 Å². The largest absolute Gasteiger partial charge is 0.446 e. The minimum atomic E-state index is -3.58. The predicted molar refractivity (Wildman–Crippen MR) is 121 cm³/mol. The van der Waals surface area contributed by atoms with Crippen molar-refractivity contribution in [3.8, 4) is 0 Å². The van der Waals surface area contributed by atoms with Gasteiger partial charge in [0, 0.05) is 13.0 Å². The van der Waals surface area contributed by atoms with Gasteiger partial charge in [-0.15, -0.1) is 9.12 Å². The molecule has 174 valence electrons. The summed E-state index contributed by atoms with van der Waals surface area (Å²) in [5.74, 6) is -0.0363. The van der Waals surface area contributed by atoms with E-state index in [1.807, 2.05) is 0 Å². The number of hydrogen-bond donors (Lipinski definition) is 1. The van der Waals surface area contributed by atoms with Crippen LogP contribution in [0.5, 0.6) is 0 Å². The molecular formula is C18H29BNO8PS2. The lowest BCUT2D eigenvalue weighted by atomic mass is 9.94. The molecule has 1 aromatic heterocycles. The Morgan fingerprint density at radius 3 is 2.84 bits per heavy atom. The summed E-state index contributed by atoms with van der Waals surface area (Å²) in [7, 11) is -1.09. The molecule has 13 heteroatoms. The first-order valence-corrected chi connectivity index (χ1v) is 13.1. The van der Waals surface area contributed by atoms with Crippen LogP contribution in [0.2, 0.25) is 0 Å². The fraction of sp³-hybridized carbons (Fsp3) is 0.722. The second-order valence-electron chi connectivity index (χ2n) is 7.71. The fourth-order valence-corrected chi connectivity index (χ4v) is 4.15. The average Bonchev–Trinajstić information content (AvgIpc) is 3.15. The smallest absolute Gasteiger partial charge is 0.380 e. The number of thiol groups is 1. The Morgan fingerprint density at radius 1 is 1.32 bits per heavy atom. The molecule has 1 aromatic rings. The normalized spacial score (nSPS) is 27.4. The van der Waals surface area contributed by atoms with E-state index in [-0.39, 0.29) is 36.7 Å². The number of hydrogen-bond acceptors (Lipinski definition) is 10. The number of rotatable bonds is 10. The summed E-state index contributed by atoms with van der Waals surface area (Å²) >= 11 is 4.19. The summed E-state index contributed by atoms with van der Waals surface area (Å²) in [6, 6.07) is 0. The molecule has 2 fully saturated rings. The number of nitrogens with zero attached hydrogens (tertiary/aromatic N) is 1. The molecule has 0 bridgehead atoms. The molecule has 2 saturated heterocycles. The van der Waals surface area contributed by atoms with Gasteiger partial charge in [0.2, 0.25) is 12.2 Å². The van der Waals surface area contributed by atoms with Gasteiger partial charge in [0.25, 0.3) is 10.1 Å². The van der Waals surface area contributed by atoms with Gasteiger partial charge in [-0.1, -0.05) is 12.2 Å². The predicted octanol–water partition coefficient (Wildman–Crippen LogP) is 2.65. The molecular weight excluding hydrogens is 464 g/mol. The van der Waals surface area contributed by atoms with Gasteiger partial charge in [0.05, 0.1) is 31.2 Å². The topological polar surface area (TPSA) is 106 Å². The summed E-state index contributed by atoms with van der Waals surface area (Å²) in [5.41, 5.74) is 1.62. The fourth-order valence-electron chi connectivity index (χ4n) is 3.59. The molecule has 1 unspecified atom stereocenters. The van der Waals surface area contributed by atoms with Crippen LogP contribution in [-0.4, -0.2) is 57.1 Å². The van der Waals surface area contributed by atoms with E-state index in [1.54, 1.807) is 0 Å². The summed E-state index contributed by atoms with van der Waals surface area (Å²) < 4.78 is 55.6. The van der Waals surface area contributed by atoms with E-state index in [1.165, 1.54) is 11.8 Å². The Balaban J connectivity index is 1.50. The SMILES string of the molecule is C=C1C[C@H](C[C@@H]2CCO[C@H](c3coc(COS(C)(=O)=O)n3)O2)O[C@@H](CCOB(P)S)C1. The number of ether oxygens (including phenoxy) is 3. The Kier molecular flexibility index (Phi) is 9.42. The highest BCUT2D eigenvalue weighted by Gasteiger charge is 2.32. The Bertz CT molecular complexity index is 836. The van der Waals surface area contributed by atoms with Gasteiger partial charge >= 0.3 is 5.91 Å². The first-order chi connectivity index (χ1) is 14.7. The van der Waals surface area contributed by atoms with Crippen LogP contribution in [0.1, 0.15) is 50.0 Å². The number of aromatic nitrogens is 1. The third kappa shape index (κ3) is 8.77. The highest BCUT2D eigenvalue weighted by atomic mass is 32.2. The maximum atomic E-state index is 11.1. The van der Waals surface area contributed by atoms with E-state index in [2.05, 4.69) is 33.2 Å². The lowest BCUT2D eigenvalue weighted by molar-refractivity contribution is -0.227. The zero-order valence-electron chi connectivity index (χ0n) is 17.5. The van der Waals surface area contributed by atoms with Crippen molar-refractivity contribution in [2.45, 2.75) is 63.3 Å². The Labute approximate surface area is 191 Å². The monoisotopic (exact) mass is 493 g/mol. The van der Waals surface area contributed by atoms with Gasteiger partial charge in [0.15, 0.2) is 0 Å². The first kappa shape index (κ1) is 25.2. The van der Waals surface area contributed by atoms with Crippen LogP contribution in [0.4, 0.5) is 0 Å². The molecule has 3 rings (SSSR count). The maximum absolute atomic E-state index is 11.1. The van der Waals surface area contributed by atoms with Crippen LogP contribution >= 0.6 is 21.6 Å². The molecule has 0 aromatic carbocycles. The summed E-state index contributed by atoms with van der Waals surface area (Å²) in [6.45, 7) is 4.99. The second kappa shape index (κ2) is 11.6. The first-order valence-electron chi connectivity index (χ1n) is 10.1. The van der Waals surface area contributed by atoms with Crippen LogP contribution in [0.15, 0.2) is 22.8 Å². The van der Waals surface area contributed by atoms with E-state index in [4.69, 9.17) is 27.5 Å². The molecule has 9 nitrogen and oxygen atoms in total. The molecule has 3 heterocycles. The molecule has 0 amide bonds. The van der Waals surface area contributed by atoms with E-state index >= 15 is 0 Å². The van der Waals surface area contributed by atoms with Gasteiger partial charge in [0.1, 0.15) is 18.6 Å². The van der Waals surface area contributed by atoms with E-state index in [0.29, 0.717) is 18.9 Å². The van der Waals surface area contributed by atoms with Crippen molar-refractivity contribution in [3.63, 3.8) is 0 Å². The van der Waals surface area contributed by atoms with Crippen LogP contribution in [0.3, 0.4) is 0 Å². The van der Waals surface area contributed by atoms with Crippen molar-refractivity contribution < 1.29 is 35.9 Å². The molecule has 2 aliphatic rings. The average molecular weight is 493 g/mol. The van der Waals surface area contributed by atoms with Gasteiger partial charge < -0.3 is 23.3 Å². The summed E-state index contributed by atoms with van der Waals surface area (Å²) in [4.78, 5) is 4.22. The number of oxazole rings is 1. The van der Waals surface area contributed by atoms with Crippen molar-refractivity contribution >= 4 is 37.6 Å². The third-order valence-corrected chi connectivity index (χ3v) is 5.79. The molecule has 0 aliphatic carbocycles. The zero-order valence-corrected chi connectivity index (χ0v) is 20.3. The van der Waals surface area contributed by atoms with Crippen molar-refractivity contribution in [2.24, 2.45) is 0 Å². The van der Waals surface area contributed by atoms with Crippen molar-refractivity contribution in [2.75, 3.05) is 19.5 Å². The Morgan fingerprint density at radius 2 is 2.10 bits per heavy atom. The second-order valence-corrected chi connectivity index (χ2v) is 11.0. The van der Waals surface area contributed by atoms with E-state index < -0.39 is 16.4 Å². The van der Waals surface area contributed by atoms with Crippen LogP contribution in [0, 0.1) is 0 Å². The molecule has 5 atom stereocenters. The highest BCUT2D eigenvalue weighted by Crippen LogP contribution is 2.32. The highest BCUT2D eigenvalue weighted by molar-refractivity contribution is 8.23. The minimum absolute atomic E-state index is 0.0221. The summed E-state index contributed by atoms with van der Waals surface area (Å²) in [6.07, 6.45) is 5.60. The molecule has 0 saturated carbocycles. The lowest BCUT2D eigenvalue weighted by Crippen LogP contribution is -2.36. The maximum Gasteiger partial charge on any atom is 0.380 e. The molecule has 0 N–H and O–H groups in total. The summed E-state index contributed by atoms with van der Waals surface area (Å²) in [5, 5.41) is 0. The molecule has 2 aliphatic heterocycles. The minimum Gasteiger partial charge on any atom is -0.446 e. The Hall–Kier alpha value is -0.455. The molecule has 0 radical (unpaired) electrons. The van der Waals surface area contributed by atoms with E-state index in [0.717, 1.165) is 38.4 Å². The van der Waals surface area contributed by atoms with Crippen molar-refractivity contribution in [1.29, 1.82) is 0 Å². The zero-order chi connectivity index (χ0) is 22.4. The molecule has 0 spiro atoms. The van der Waals surface area contributed by atoms with Gasteiger partial charge in [-0.3, -0.25) is 4.18 Å². The van der Waals surface area contributed by atoms with Gasteiger partial charge in [-0.05, 0) is 25.7 Å². The van der Waals surface area contributed by atoms with E-state index in [9.17, 15) is 8.42 Å². The van der Waals surface area contributed by atoms with Gasteiger partial charge in [-0.25, -0.2) is 4.98 Å². The molecule has 31 heavy (non-hydrogen) atoms. The van der Waals surface area contributed by atoms with Crippen molar-refractivity contribution in [1.82, 2.24) is 4.98 Å². The van der Waals surface area contributed by atoms with Crippen LogP contribution in [-0.2, 0) is 39.8 Å². The van der Waals surface area contributed by atoms with Gasteiger partial charge in [-0.2, -0.15) is 20.9 Å². The third-order valence-electron chi connectivity index (χ3n) is 4.90. The standard InChI is InChI=1S/C18H29BNO8PS2/c1-12-7-13(4-6-25-19(29)30)27-15(8-12)9-14-3-5-23-18(28-14)16-10-24-17(20-16)11-26-31(2,21)22/h10,13-15,18,30H,1,3-9,11,29H2,2H3/t13-,14-,15+,18-/m0/s1. The quantitative estimate of drug-likeness (QED) is 0.173. The lowest BCUT2D eigenvalue weighted by Gasteiger charge is -2.36. The van der Waals surface area contributed by atoms with Crippen LogP contribution in [0.25, 0.3) is 0 Å².